The fourth-order valence-corrected chi connectivity index (χ4v) is 4.13. The summed E-state index contributed by atoms with van der Waals surface area (Å²) in [4.78, 5) is 2.44. The highest BCUT2D eigenvalue weighted by Gasteiger charge is 2.33. The summed E-state index contributed by atoms with van der Waals surface area (Å²) in [6.07, 6.45) is 2.66. The van der Waals surface area contributed by atoms with Gasteiger partial charge in [-0.2, -0.15) is 0 Å². The minimum absolute atomic E-state index is 0.644. The third kappa shape index (κ3) is 4.70. The van der Waals surface area contributed by atoms with Crippen LogP contribution in [0.4, 0.5) is 0 Å². The Labute approximate surface area is 134 Å². The quantitative estimate of drug-likeness (QED) is 0.883. The highest BCUT2D eigenvalue weighted by atomic mass is 35.5. The maximum atomic E-state index is 6.08. The van der Waals surface area contributed by atoms with Gasteiger partial charge in [0.15, 0.2) is 0 Å². The predicted molar refractivity (Wildman–Crippen MR) is 91.7 cm³/mol. The van der Waals surface area contributed by atoms with Crippen LogP contribution in [0.15, 0.2) is 24.3 Å². The van der Waals surface area contributed by atoms with Crippen LogP contribution in [0, 0.1) is 17.8 Å². The van der Waals surface area contributed by atoms with Crippen LogP contribution in [0.25, 0.3) is 0 Å². The molecule has 0 spiro atoms. The summed E-state index contributed by atoms with van der Waals surface area (Å²) in [7, 11) is 4.33. The molecule has 3 heteroatoms. The van der Waals surface area contributed by atoms with Gasteiger partial charge in [0.2, 0.25) is 0 Å². The summed E-state index contributed by atoms with van der Waals surface area (Å²) < 4.78 is 0. The molecule has 118 valence electrons. The van der Waals surface area contributed by atoms with Crippen molar-refractivity contribution >= 4 is 11.6 Å². The maximum absolute atomic E-state index is 6.08. The molecule has 0 radical (unpaired) electrons. The average molecular weight is 309 g/mol. The predicted octanol–water partition coefficient (Wildman–Crippen LogP) is 4.04. The van der Waals surface area contributed by atoms with Crippen molar-refractivity contribution in [3.8, 4) is 0 Å². The monoisotopic (exact) mass is 308 g/mol. The Balaban J connectivity index is 1.95. The minimum atomic E-state index is 0.644. The van der Waals surface area contributed by atoms with Crippen LogP contribution in [0.5, 0.6) is 0 Å². The number of hydrogen-bond acceptors (Lipinski definition) is 2. The Morgan fingerprint density at radius 1 is 1.29 bits per heavy atom. The van der Waals surface area contributed by atoms with Crippen molar-refractivity contribution < 1.29 is 0 Å². The molecule has 21 heavy (non-hydrogen) atoms. The van der Waals surface area contributed by atoms with E-state index in [2.05, 4.69) is 50.3 Å². The van der Waals surface area contributed by atoms with Crippen molar-refractivity contribution in [2.45, 2.75) is 39.3 Å². The van der Waals surface area contributed by atoms with E-state index in [4.69, 9.17) is 11.6 Å². The topological polar surface area (TPSA) is 15.3 Å². The van der Waals surface area contributed by atoms with E-state index in [0.29, 0.717) is 6.04 Å². The molecule has 0 heterocycles. The molecule has 0 amide bonds. The van der Waals surface area contributed by atoms with Crippen molar-refractivity contribution in [1.82, 2.24) is 10.2 Å². The fraction of sp³-hybridized carbons (Fsp3) is 0.667. The zero-order valence-corrected chi connectivity index (χ0v) is 14.5. The van der Waals surface area contributed by atoms with Gasteiger partial charge in [0.25, 0.3) is 0 Å². The van der Waals surface area contributed by atoms with Gasteiger partial charge in [0, 0.05) is 24.2 Å². The Hall–Kier alpha value is -0.570. The zero-order chi connectivity index (χ0) is 15.4. The molecule has 2 rings (SSSR count). The summed E-state index contributed by atoms with van der Waals surface area (Å²) in [5.41, 5.74) is 1.29. The highest BCUT2D eigenvalue weighted by Crippen LogP contribution is 2.34. The second-order valence-corrected chi connectivity index (χ2v) is 7.38. The van der Waals surface area contributed by atoms with Crippen LogP contribution < -0.4 is 5.32 Å². The van der Waals surface area contributed by atoms with Gasteiger partial charge in [-0.25, -0.2) is 0 Å². The standard InChI is InChI=1S/C18H29ClN2/c1-13-8-14(2)17(18(9-13)20-3)12-21(4)11-15-6-5-7-16(19)10-15/h5-7,10,13-14,17-18,20H,8-9,11-12H2,1-4H3. The second kappa shape index (κ2) is 7.62. The molecular weight excluding hydrogens is 280 g/mol. The molecule has 4 atom stereocenters. The first kappa shape index (κ1) is 16.8. The van der Waals surface area contributed by atoms with E-state index in [9.17, 15) is 0 Å². The van der Waals surface area contributed by atoms with E-state index in [0.717, 1.165) is 35.9 Å². The van der Waals surface area contributed by atoms with Crippen LogP contribution >= 0.6 is 11.6 Å². The second-order valence-electron chi connectivity index (χ2n) is 6.94. The van der Waals surface area contributed by atoms with E-state index < -0.39 is 0 Å². The highest BCUT2D eigenvalue weighted by molar-refractivity contribution is 6.30. The number of nitrogens with zero attached hydrogens (tertiary/aromatic N) is 1. The first-order chi connectivity index (χ1) is 9.99. The lowest BCUT2D eigenvalue weighted by Gasteiger charge is -2.41. The van der Waals surface area contributed by atoms with Gasteiger partial charge in [0.1, 0.15) is 0 Å². The van der Waals surface area contributed by atoms with Crippen LogP contribution in [0.3, 0.4) is 0 Å². The van der Waals surface area contributed by atoms with Crippen molar-refractivity contribution in [3.63, 3.8) is 0 Å². The van der Waals surface area contributed by atoms with Crippen molar-refractivity contribution in [1.29, 1.82) is 0 Å². The third-order valence-electron chi connectivity index (χ3n) is 4.91. The van der Waals surface area contributed by atoms with E-state index in [1.165, 1.54) is 18.4 Å². The Morgan fingerprint density at radius 3 is 2.71 bits per heavy atom. The first-order valence-electron chi connectivity index (χ1n) is 8.09. The number of nitrogens with one attached hydrogen (secondary N) is 1. The Bertz CT molecular complexity index is 449. The van der Waals surface area contributed by atoms with Gasteiger partial charge in [-0.15, -0.1) is 0 Å². The molecule has 1 N–H and O–H groups in total. The van der Waals surface area contributed by atoms with Gasteiger partial charge in [-0.05, 0) is 62.4 Å². The van der Waals surface area contributed by atoms with Gasteiger partial charge >= 0.3 is 0 Å². The molecule has 4 unspecified atom stereocenters. The molecule has 0 aromatic heterocycles. The molecule has 0 aliphatic heterocycles. The Kier molecular flexibility index (Phi) is 6.09. The normalized spacial score (nSPS) is 29.8. The van der Waals surface area contributed by atoms with Gasteiger partial charge in [-0.3, -0.25) is 0 Å². The minimum Gasteiger partial charge on any atom is -0.317 e. The van der Waals surface area contributed by atoms with Gasteiger partial charge in [-0.1, -0.05) is 37.6 Å². The lowest BCUT2D eigenvalue weighted by atomic mass is 9.72. The molecule has 1 saturated carbocycles. The molecule has 1 aliphatic carbocycles. The summed E-state index contributed by atoms with van der Waals surface area (Å²) >= 11 is 6.08. The van der Waals surface area contributed by atoms with E-state index in [-0.39, 0.29) is 0 Å². The lowest BCUT2D eigenvalue weighted by Crippen LogP contribution is -2.47. The third-order valence-corrected chi connectivity index (χ3v) is 5.15. The Morgan fingerprint density at radius 2 is 2.05 bits per heavy atom. The molecule has 1 aromatic rings. The summed E-state index contributed by atoms with van der Waals surface area (Å²) in [5.74, 6) is 2.36. The number of benzene rings is 1. The molecule has 0 bridgehead atoms. The molecule has 1 aromatic carbocycles. The van der Waals surface area contributed by atoms with Crippen molar-refractivity contribution in [3.05, 3.63) is 34.9 Å². The maximum Gasteiger partial charge on any atom is 0.0409 e. The van der Waals surface area contributed by atoms with Crippen LogP contribution in [-0.2, 0) is 6.54 Å². The van der Waals surface area contributed by atoms with E-state index in [1.54, 1.807) is 0 Å². The van der Waals surface area contributed by atoms with Crippen molar-refractivity contribution in [2.24, 2.45) is 17.8 Å². The van der Waals surface area contributed by atoms with Crippen LogP contribution in [-0.4, -0.2) is 31.6 Å². The van der Waals surface area contributed by atoms with Crippen molar-refractivity contribution in [2.75, 3.05) is 20.6 Å². The smallest absolute Gasteiger partial charge is 0.0409 e. The molecule has 0 saturated heterocycles. The fourth-order valence-electron chi connectivity index (χ4n) is 3.92. The molecular formula is C18H29ClN2. The number of halogens is 1. The summed E-state index contributed by atoms with van der Waals surface area (Å²) in [6.45, 7) is 6.91. The van der Waals surface area contributed by atoms with Gasteiger partial charge in [0.05, 0.1) is 0 Å². The molecule has 2 nitrogen and oxygen atoms in total. The zero-order valence-electron chi connectivity index (χ0n) is 13.8. The molecule has 1 aliphatic rings. The molecule has 1 fully saturated rings. The first-order valence-corrected chi connectivity index (χ1v) is 8.47. The summed E-state index contributed by atoms with van der Waals surface area (Å²) in [6, 6.07) is 8.84. The average Bonchev–Trinajstić information content (AvgIpc) is 2.41. The lowest BCUT2D eigenvalue weighted by molar-refractivity contribution is 0.113. The van der Waals surface area contributed by atoms with Crippen LogP contribution in [0.1, 0.15) is 32.3 Å². The van der Waals surface area contributed by atoms with Gasteiger partial charge < -0.3 is 10.2 Å². The van der Waals surface area contributed by atoms with E-state index >= 15 is 0 Å². The number of rotatable bonds is 5. The largest absolute Gasteiger partial charge is 0.317 e. The summed E-state index contributed by atoms with van der Waals surface area (Å²) in [5, 5.41) is 4.37. The van der Waals surface area contributed by atoms with Crippen LogP contribution in [0.2, 0.25) is 5.02 Å². The number of hydrogen-bond donors (Lipinski definition) is 1. The SMILES string of the molecule is CNC1CC(C)CC(C)C1CN(C)Cc1cccc(Cl)c1. The van der Waals surface area contributed by atoms with E-state index in [1.807, 2.05) is 12.1 Å².